The van der Waals surface area contributed by atoms with Gasteiger partial charge >= 0.3 is 0 Å². The predicted molar refractivity (Wildman–Crippen MR) is 115 cm³/mol. The fourth-order valence-corrected chi connectivity index (χ4v) is 3.52. The van der Waals surface area contributed by atoms with E-state index in [4.69, 9.17) is 17.3 Å². The molecule has 9 heteroatoms. The number of carbonyl (C=O) groups is 2. The molecule has 0 aliphatic carbocycles. The van der Waals surface area contributed by atoms with Gasteiger partial charge in [-0.15, -0.1) is 0 Å². The molecule has 2 atom stereocenters. The van der Waals surface area contributed by atoms with Crippen molar-refractivity contribution >= 4 is 35.4 Å². The molecule has 0 saturated carbocycles. The maximum absolute atomic E-state index is 12.7. The van der Waals surface area contributed by atoms with E-state index in [-0.39, 0.29) is 18.9 Å². The first-order chi connectivity index (χ1) is 14.5. The summed E-state index contributed by atoms with van der Waals surface area (Å²) in [5.41, 5.74) is 10.4. The zero-order valence-electron chi connectivity index (χ0n) is 16.3. The number of nitrogens with zero attached hydrogens (tertiary/aromatic N) is 2. The van der Waals surface area contributed by atoms with Crippen molar-refractivity contribution in [1.82, 2.24) is 15.8 Å². The molecule has 1 saturated heterocycles. The highest BCUT2D eigenvalue weighted by molar-refractivity contribution is 6.30. The van der Waals surface area contributed by atoms with Crippen molar-refractivity contribution < 1.29 is 14.7 Å². The van der Waals surface area contributed by atoms with Gasteiger partial charge in [-0.25, -0.2) is 10.4 Å². The average molecular weight is 430 g/mol. The second-order valence-electron chi connectivity index (χ2n) is 6.90. The molecule has 1 fully saturated rings. The number of nitrogens with two attached hydrogens (primary N) is 1. The second kappa shape index (κ2) is 10.2. The number of carbonyl (C=O) groups excluding carboxylic acids is 2. The third-order valence-electron chi connectivity index (χ3n) is 4.82. The number of aliphatic imine (C=N–C) groups is 1. The van der Waals surface area contributed by atoms with Gasteiger partial charge in [0.1, 0.15) is 12.1 Å². The SMILES string of the molecule is NC=Nc1ccc(Cl)cc1CNC(=O)[C@@H]1CCNN1C(=O)[C@H](O)Cc1ccccc1. The molecule has 3 rings (SSSR count). The first kappa shape index (κ1) is 21.8. The average Bonchev–Trinajstić information content (AvgIpc) is 3.24. The lowest BCUT2D eigenvalue weighted by Gasteiger charge is -2.26. The summed E-state index contributed by atoms with van der Waals surface area (Å²) >= 11 is 6.04. The molecule has 0 radical (unpaired) electrons. The largest absolute Gasteiger partial charge is 0.390 e. The van der Waals surface area contributed by atoms with Crippen molar-refractivity contribution in [3.05, 3.63) is 64.7 Å². The van der Waals surface area contributed by atoms with Crippen LogP contribution in [0.1, 0.15) is 17.5 Å². The number of benzene rings is 2. The topological polar surface area (TPSA) is 120 Å². The van der Waals surface area contributed by atoms with Gasteiger partial charge < -0.3 is 16.2 Å². The second-order valence-corrected chi connectivity index (χ2v) is 7.33. The number of aliphatic hydroxyl groups excluding tert-OH is 1. The van der Waals surface area contributed by atoms with Gasteiger partial charge in [-0.3, -0.25) is 14.6 Å². The van der Waals surface area contributed by atoms with E-state index in [1.807, 2.05) is 30.3 Å². The fourth-order valence-electron chi connectivity index (χ4n) is 3.33. The van der Waals surface area contributed by atoms with Crippen LogP contribution in [0.25, 0.3) is 0 Å². The summed E-state index contributed by atoms with van der Waals surface area (Å²) in [5.74, 6) is -0.865. The van der Waals surface area contributed by atoms with Gasteiger partial charge in [0.15, 0.2) is 0 Å². The van der Waals surface area contributed by atoms with Crippen molar-refractivity contribution in [2.75, 3.05) is 6.54 Å². The van der Waals surface area contributed by atoms with E-state index in [9.17, 15) is 14.7 Å². The summed E-state index contributed by atoms with van der Waals surface area (Å²) in [6, 6.07) is 13.6. The molecule has 158 valence electrons. The van der Waals surface area contributed by atoms with Crippen molar-refractivity contribution in [2.45, 2.75) is 31.5 Å². The summed E-state index contributed by atoms with van der Waals surface area (Å²) in [6.07, 6.45) is 0.546. The van der Waals surface area contributed by atoms with Crippen molar-refractivity contribution in [2.24, 2.45) is 10.7 Å². The molecule has 1 heterocycles. The number of nitrogens with one attached hydrogen (secondary N) is 2. The molecule has 30 heavy (non-hydrogen) atoms. The number of rotatable bonds is 7. The van der Waals surface area contributed by atoms with Gasteiger partial charge in [0.05, 0.1) is 12.0 Å². The van der Waals surface area contributed by atoms with E-state index in [0.717, 1.165) is 5.56 Å². The molecule has 1 aliphatic heterocycles. The minimum atomic E-state index is -1.24. The highest BCUT2D eigenvalue weighted by Gasteiger charge is 2.36. The molecule has 0 bridgehead atoms. The molecule has 1 aliphatic rings. The summed E-state index contributed by atoms with van der Waals surface area (Å²) in [7, 11) is 0. The molecule has 5 N–H and O–H groups in total. The lowest BCUT2D eigenvalue weighted by atomic mass is 10.1. The van der Waals surface area contributed by atoms with Gasteiger partial charge in [-0.1, -0.05) is 41.9 Å². The Morgan fingerprint density at radius 2 is 2.10 bits per heavy atom. The molecule has 0 spiro atoms. The van der Waals surface area contributed by atoms with E-state index in [2.05, 4.69) is 15.7 Å². The van der Waals surface area contributed by atoms with E-state index < -0.39 is 18.1 Å². The number of hydrazine groups is 1. The van der Waals surface area contributed by atoms with Crippen LogP contribution in [0.2, 0.25) is 5.02 Å². The lowest BCUT2D eigenvalue weighted by Crippen LogP contribution is -2.53. The third-order valence-corrected chi connectivity index (χ3v) is 5.05. The molecule has 8 nitrogen and oxygen atoms in total. The van der Waals surface area contributed by atoms with E-state index in [1.165, 1.54) is 11.3 Å². The van der Waals surface area contributed by atoms with Crippen LogP contribution >= 0.6 is 11.6 Å². The van der Waals surface area contributed by atoms with Crippen LogP contribution in [-0.2, 0) is 22.6 Å². The first-order valence-corrected chi connectivity index (χ1v) is 9.96. The normalized spacial score (nSPS) is 17.3. The summed E-state index contributed by atoms with van der Waals surface area (Å²) in [6.45, 7) is 0.638. The Bertz CT molecular complexity index is 922. The zero-order valence-corrected chi connectivity index (χ0v) is 17.0. The zero-order chi connectivity index (χ0) is 21.5. The first-order valence-electron chi connectivity index (χ1n) is 9.58. The molecule has 2 amide bonds. The standard InChI is InChI=1S/C21H24ClN5O3/c22-16-6-7-17(25-13-23)15(11-16)12-24-20(29)18-8-9-26-27(18)21(30)19(28)10-14-4-2-1-3-5-14/h1-7,11,13,18-19,26,28H,8-10,12H2,(H2,23,25)(H,24,29)/t18-,19+/m0/s1. The molecule has 0 unspecified atom stereocenters. The molecule has 0 aromatic heterocycles. The van der Waals surface area contributed by atoms with Crippen LogP contribution in [0.15, 0.2) is 53.5 Å². The molecular formula is C21H24ClN5O3. The highest BCUT2D eigenvalue weighted by atomic mass is 35.5. The Hall–Kier alpha value is -2.94. The maximum Gasteiger partial charge on any atom is 0.266 e. The molecule has 2 aromatic carbocycles. The third kappa shape index (κ3) is 5.35. The molecule has 2 aromatic rings. The minimum absolute atomic E-state index is 0.176. The van der Waals surface area contributed by atoms with Crippen molar-refractivity contribution in [3.63, 3.8) is 0 Å². The Morgan fingerprint density at radius 1 is 1.33 bits per heavy atom. The highest BCUT2D eigenvalue weighted by Crippen LogP contribution is 2.23. The number of hydrogen-bond acceptors (Lipinski definition) is 5. The maximum atomic E-state index is 12.7. The lowest BCUT2D eigenvalue weighted by molar-refractivity contribution is -0.148. The van der Waals surface area contributed by atoms with E-state index in [1.54, 1.807) is 18.2 Å². The van der Waals surface area contributed by atoms with Gasteiger partial charge in [0.25, 0.3) is 5.91 Å². The number of hydrogen-bond donors (Lipinski definition) is 4. The van der Waals surface area contributed by atoms with Crippen LogP contribution in [0.3, 0.4) is 0 Å². The van der Waals surface area contributed by atoms with Gasteiger partial charge in [-0.05, 0) is 35.7 Å². The fraction of sp³-hybridized carbons (Fsp3) is 0.286. The van der Waals surface area contributed by atoms with Crippen LogP contribution in [0, 0.1) is 0 Å². The Kier molecular flexibility index (Phi) is 7.40. The smallest absolute Gasteiger partial charge is 0.266 e. The van der Waals surface area contributed by atoms with Gasteiger partial charge in [-0.2, -0.15) is 0 Å². The monoisotopic (exact) mass is 429 g/mol. The van der Waals surface area contributed by atoms with Crippen LogP contribution < -0.4 is 16.5 Å². The Balaban J connectivity index is 1.63. The van der Waals surface area contributed by atoms with E-state index in [0.29, 0.717) is 29.2 Å². The Morgan fingerprint density at radius 3 is 2.83 bits per heavy atom. The summed E-state index contributed by atoms with van der Waals surface area (Å²) in [5, 5.41) is 14.9. The minimum Gasteiger partial charge on any atom is -0.390 e. The van der Waals surface area contributed by atoms with Crippen LogP contribution in [0.4, 0.5) is 5.69 Å². The summed E-state index contributed by atoms with van der Waals surface area (Å²) in [4.78, 5) is 29.5. The number of aliphatic hydroxyl groups is 1. The summed E-state index contributed by atoms with van der Waals surface area (Å²) < 4.78 is 0. The van der Waals surface area contributed by atoms with Crippen LogP contribution in [-0.4, -0.2) is 47.0 Å². The number of amides is 2. The Labute approximate surface area is 179 Å². The van der Waals surface area contributed by atoms with E-state index >= 15 is 0 Å². The van der Waals surface area contributed by atoms with Crippen molar-refractivity contribution in [1.29, 1.82) is 0 Å². The number of halogens is 1. The predicted octanol–water partition coefficient (Wildman–Crippen LogP) is 1.28. The molecular weight excluding hydrogens is 406 g/mol. The van der Waals surface area contributed by atoms with Crippen molar-refractivity contribution in [3.8, 4) is 0 Å². The van der Waals surface area contributed by atoms with Gasteiger partial charge in [0.2, 0.25) is 5.91 Å². The van der Waals surface area contributed by atoms with Crippen LogP contribution in [0.5, 0.6) is 0 Å². The van der Waals surface area contributed by atoms with Gasteiger partial charge in [0, 0.05) is 24.5 Å². The quantitative estimate of drug-likeness (QED) is 0.390.